The summed E-state index contributed by atoms with van der Waals surface area (Å²) in [5, 5.41) is 12.0. The van der Waals surface area contributed by atoms with Crippen molar-refractivity contribution in [2.45, 2.75) is 31.3 Å². The van der Waals surface area contributed by atoms with Gasteiger partial charge in [0.05, 0.1) is 19.3 Å². The van der Waals surface area contributed by atoms with E-state index in [0.29, 0.717) is 23.8 Å². The molecule has 36 heavy (non-hydrogen) atoms. The fourth-order valence-electron chi connectivity index (χ4n) is 6.18. The van der Waals surface area contributed by atoms with Gasteiger partial charge in [-0.25, -0.2) is 0 Å². The van der Waals surface area contributed by atoms with Crippen LogP contribution in [0.2, 0.25) is 5.02 Å². The van der Waals surface area contributed by atoms with Crippen LogP contribution in [-0.4, -0.2) is 75.6 Å². The highest BCUT2D eigenvalue weighted by molar-refractivity contribution is 6.31. The maximum atomic E-state index is 14.0. The highest BCUT2D eigenvalue weighted by Crippen LogP contribution is 2.51. The molecule has 2 aromatic carbocycles. The number of aromatic hydroxyl groups is 1. The quantitative estimate of drug-likeness (QED) is 0.541. The third kappa shape index (κ3) is 3.69. The molecule has 0 aliphatic carbocycles. The van der Waals surface area contributed by atoms with Crippen LogP contribution in [0.1, 0.15) is 36.2 Å². The maximum absolute atomic E-state index is 14.0. The lowest BCUT2D eigenvalue weighted by molar-refractivity contribution is -0.133. The second-order valence-electron chi connectivity index (χ2n) is 10.2. The number of fused-ring (bicyclic) bond motifs is 4. The number of hydrogen-bond donors (Lipinski definition) is 2. The van der Waals surface area contributed by atoms with Crippen LogP contribution in [0.4, 0.5) is 0 Å². The minimum absolute atomic E-state index is 0.0710. The van der Waals surface area contributed by atoms with Gasteiger partial charge >= 0.3 is 0 Å². The van der Waals surface area contributed by atoms with Crippen molar-refractivity contribution in [1.29, 1.82) is 0 Å². The average molecular weight is 507 g/mol. The van der Waals surface area contributed by atoms with Crippen LogP contribution in [-0.2, 0) is 16.0 Å². The van der Waals surface area contributed by atoms with Crippen LogP contribution in [0.15, 0.2) is 54.9 Å². The molecule has 3 aromatic rings. The molecule has 2 atom stereocenters. The molecule has 0 spiro atoms. The number of carbonyl (C=O) groups is 1. The zero-order valence-electron chi connectivity index (χ0n) is 20.5. The Hall–Kier alpha value is -3.00. The molecular formula is C28H31ClN4O3. The molecule has 3 aliphatic rings. The number of aromatic nitrogens is 1. The third-order valence-corrected chi connectivity index (χ3v) is 8.16. The molecule has 1 amide bonds. The molecule has 2 saturated heterocycles. The van der Waals surface area contributed by atoms with Crippen molar-refractivity contribution in [3.8, 4) is 5.75 Å². The standard InChI is InChI=1S/C28H31ClN4O3/c1-18-32(10-4-9-31-11-13-36-14-12-31)27(35)28(2)17-23-22-16-20(29)7-8-24(22)30-25(23)26(33(18)28)19-5-3-6-21(34)15-19/h3,5-8,15-16,26,30,34H,1,4,9-14,17H2,2H3/t26-,28+/m1/s1. The highest BCUT2D eigenvalue weighted by Gasteiger charge is 2.57. The van der Waals surface area contributed by atoms with Gasteiger partial charge in [-0.15, -0.1) is 0 Å². The number of amides is 1. The number of nitrogens with one attached hydrogen (secondary N) is 1. The summed E-state index contributed by atoms with van der Waals surface area (Å²) in [7, 11) is 0. The summed E-state index contributed by atoms with van der Waals surface area (Å²) in [6.07, 6.45) is 1.42. The molecule has 3 aliphatic heterocycles. The third-order valence-electron chi connectivity index (χ3n) is 7.93. The van der Waals surface area contributed by atoms with Crippen LogP contribution >= 0.6 is 11.6 Å². The lowest BCUT2D eigenvalue weighted by atomic mass is 9.81. The number of phenolic OH excluding ortho intramolecular Hbond substituents is 1. The Labute approximate surface area is 215 Å². The van der Waals surface area contributed by atoms with Gasteiger partial charge in [-0.2, -0.15) is 0 Å². The lowest BCUT2D eigenvalue weighted by Gasteiger charge is -2.44. The average Bonchev–Trinajstić information content (AvgIpc) is 3.30. The topological polar surface area (TPSA) is 72.0 Å². The van der Waals surface area contributed by atoms with Gasteiger partial charge in [0.1, 0.15) is 17.1 Å². The first kappa shape index (κ1) is 23.4. The molecule has 7 nitrogen and oxygen atoms in total. The maximum Gasteiger partial charge on any atom is 0.254 e. The lowest BCUT2D eigenvalue weighted by Crippen LogP contribution is -2.52. The van der Waals surface area contributed by atoms with Crippen molar-refractivity contribution in [3.05, 3.63) is 76.7 Å². The fraction of sp³-hybridized carbons (Fsp3) is 0.393. The normalized spacial score (nSPS) is 24.4. The van der Waals surface area contributed by atoms with Crippen LogP contribution in [0.3, 0.4) is 0 Å². The number of rotatable bonds is 5. The number of benzene rings is 2. The zero-order chi connectivity index (χ0) is 25.0. The van der Waals surface area contributed by atoms with Crippen LogP contribution in [0.25, 0.3) is 10.9 Å². The van der Waals surface area contributed by atoms with Gasteiger partial charge in [-0.3, -0.25) is 14.6 Å². The molecule has 0 saturated carbocycles. The highest BCUT2D eigenvalue weighted by atomic mass is 35.5. The first-order valence-electron chi connectivity index (χ1n) is 12.6. The van der Waals surface area contributed by atoms with E-state index in [1.165, 1.54) is 0 Å². The first-order valence-corrected chi connectivity index (χ1v) is 12.9. The Morgan fingerprint density at radius 1 is 1.19 bits per heavy atom. The number of hydrogen-bond acceptors (Lipinski definition) is 5. The van der Waals surface area contributed by atoms with Crippen molar-refractivity contribution in [3.63, 3.8) is 0 Å². The molecule has 188 valence electrons. The number of halogens is 1. The second kappa shape index (κ2) is 8.83. The van der Waals surface area contributed by atoms with E-state index in [2.05, 4.69) is 21.4 Å². The number of carbonyl (C=O) groups excluding carboxylic acids is 1. The van der Waals surface area contributed by atoms with E-state index in [-0.39, 0.29) is 17.7 Å². The molecule has 0 bridgehead atoms. The van der Waals surface area contributed by atoms with E-state index >= 15 is 0 Å². The predicted molar refractivity (Wildman–Crippen MR) is 140 cm³/mol. The molecular weight excluding hydrogens is 476 g/mol. The van der Waals surface area contributed by atoms with Gasteiger partial charge in [0.15, 0.2) is 0 Å². The van der Waals surface area contributed by atoms with E-state index in [9.17, 15) is 9.90 Å². The monoisotopic (exact) mass is 506 g/mol. The fourth-order valence-corrected chi connectivity index (χ4v) is 6.35. The van der Waals surface area contributed by atoms with E-state index in [1.807, 2.05) is 42.2 Å². The van der Waals surface area contributed by atoms with Gasteiger partial charge in [0.25, 0.3) is 5.91 Å². The number of aromatic amines is 1. The van der Waals surface area contributed by atoms with Crippen molar-refractivity contribution in [2.24, 2.45) is 0 Å². The molecule has 4 heterocycles. The summed E-state index contributed by atoms with van der Waals surface area (Å²) in [5.74, 6) is 0.973. The molecule has 0 unspecified atom stereocenters. The van der Waals surface area contributed by atoms with Gasteiger partial charge in [0.2, 0.25) is 0 Å². The second-order valence-corrected chi connectivity index (χ2v) is 10.6. The Balaban J connectivity index is 1.39. The van der Waals surface area contributed by atoms with Crippen molar-refractivity contribution >= 4 is 28.4 Å². The van der Waals surface area contributed by atoms with E-state index in [0.717, 1.165) is 67.0 Å². The summed E-state index contributed by atoms with van der Waals surface area (Å²) in [5.41, 5.74) is 3.20. The number of ether oxygens (including phenoxy) is 1. The van der Waals surface area contributed by atoms with Gasteiger partial charge in [-0.05, 0) is 54.8 Å². The van der Waals surface area contributed by atoms with Gasteiger partial charge in [-0.1, -0.05) is 30.3 Å². The summed E-state index contributed by atoms with van der Waals surface area (Å²) in [6, 6.07) is 12.8. The summed E-state index contributed by atoms with van der Waals surface area (Å²) >= 11 is 6.38. The van der Waals surface area contributed by atoms with E-state index in [1.54, 1.807) is 12.1 Å². The summed E-state index contributed by atoms with van der Waals surface area (Å²) in [4.78, 5) is 24.0. The molecule has 6 rings (SSSR count). The van der Waals surface area contributed by atoms with Crippen molar-refractivity contribution in [1.82, 2.24) is 19.7 Å². The van der Waals surface area contributed by atoms with Gasteiger partial charge in [0, 0.05) is 54.2 Å². The van der Waals surface area contributed by atoms with E-state index in [4.69, 9.17) is 16.3 Å². The Kier molecular flexibility index (Phi) is 5.74. The number of H-pyrrole nitrogens is 1. The smallest absolute Gasteiger partial charge is 0.254 e. The number of morpholine rings is 1. The van der Waals surface area contributed by atoms with E-state index < -0.39 is 5.54 Å². The number of nitrogens with zero attached hydrogens (tertiary/aromatic N) is 3. The molecule has 0 radical (unpaired) electrons. The Bertz CT molecular complexity index is 1350. The van der Waals surface area contributed by atoms with Crippen LogP contribution in [0, 0.1) is 0 Å². The summed E-state index contributed by atoms with van der Waals surface area (Å²) in [6.45, 7) is 11.4. The predicted octanol–water partition coefficient (Wildman–Crippen LogP) is 4.27. The largest absolute Gasteiger partial charge is 0.508 e. The summed E-state index contributed by atoms with van der Waals surface area (Å²) < 4.78 is 5.46. The minimum Gasteiger partial charge on any atom is -0.508 e. The minimum atomic E-state index is -0.795. The van der Waals surface area contributed by atoms with Crippen LogP contribution < -0.4 is 0 Å². The Morgan fingerprint density at radius 2 is 2.00 bits per heavy atom. The van der Waals surface area contributed by atoms with Crippen LogP contribution in [0.5, 0.6) is 5.75 Å². The Morgan fingerprint density at radius 3 is 2.78 bits per heavy atom. The molecule has 1 aromatic heterocycles. The van der Waals surface area contributed by atoms with Crippen molar-refractivity contribution in [2.75, 3.05) is 39.4 Å². The molecule has 2 fully saturated rings. The SMILES string of the molecule is C=C1N(CCCN2CCOCC2)C(=O)[C@]2(C)Cc3c([nH]c4ccc(Cl)cc34)[C@@H](c3cccc(O)c3)N12. The van der Waals surface area contributed by atoms with Gasteiger partial charge < -0.3 is 19.7 Å². The molecule has 2 N–H and O–H groups in total. The number of phenols is 1. The zero-order valence-corrected chi connectivity index (χ0v) is 21.2. The first-order chi connectivity index (χ1) is 17.4. The molecule has 8 heteroatoms. The van der Waals surface area contributed by atoms with Crippen molar-refractivity contribution < 1.29 is 14.6 Å².